The van der Waals surface area contributed by atoms with Crippen LogP contribution in [0.3, 0.4) is 0 Å². The minimum Gasteiger partial charge on any atom is -0.314 e. The van der Waals surface area contributed by atoms with Crippen LogP contribution >= 0.6 is 0 Å². The van der Waals surface area contributed by atoms with E-state index in [1.807, 2.05) is 0 Å². The standard InChI is InChI=1S/C70H62N2/c1-69(2,3)51-35-39-55(40-36-51)71(53-27-15-9-16-28-53)57-43-45-63-65(47-57)67(61-33-21-19-31-59(61)49-23-11-7-12-24-49)64-46-44-58(48-66(64)68(63)62-34-22-20-32-60(62)50-25-13-8-14-26-50)72(54-29-17-10-18-30-54)56-41-37-52(38-42-56)70(4,5)6/h7-17,19-29,31-48H,18,30H2,1-6H3. The molecule has 1 aliphatic carbocycles. The Hall–Kier alpha value is -8.20. The topological polar surface area (TPSA) is 6.48 Å². The van der Waals surface area contributed by atoms with Crippen LogP contribution in [0.5, 0.6) is 0 Å². The number of rotatable bonds is 10. The number of para-hydroxylation sites is 1. The SMILES string of the molecule is CC(C)(C)c1ccc(N(C2=CC=CCC2)c2ccc3c(-c4ccccc4-c4ccccc4)c4cc(N(c5ccccc5)c5ccc(C(C)(C)C)cc5)ccc4c(-c4ccccc4-c4ccccc4)c3c2)cc1. The number of benzene rings is 10. The van der Waals surface area contributed by atoms with Gasteiger partial charge in [-0.3, -0.25) is 0 Å². The summed E-state index contributed by atoms with van der Waals surface area (Å²) in [5.41, 5.74) is 19.2. The van der Waals surface area contributed by atoms with Crippen LogP contribution in [0.1, 0.15) is 65.5 Å². The van der Waals surface area contributed by atoms with Crippen LogP contribution in [-0.4, -0.2) is 0 Å². The Bertz CT molecular complexity index is 3610. The Morgan fingerprint density at radius 3 is 1.14 bits per heavy atom. The van der Waals surface area contributed by atoms with E-state index in [9.17, 15) is 0 Å². The maximum Gasteiger partial charge on any atom is 0.0468 e. The normalized spacial score (nSPS) is 12.8. The minimum atomic E-state index is 0.0335. The van der Waals surface area contributed by atoms with Crippen molar-refractivity contribution in [2.24, 2.45) is 0 Å². The van der Waals surface area contributed by atoms with E-state index in [1.54, 1.807) is 0 Å². The van der Waals surface area contributed by atoms with Crippen molar-refractivity contribution < 1.29 is 0 Å². The molecule has 0 unspecified atom stereocenters. The Balaban J connectivity index is 1.26. The summed E-state index contributed by atoms with van der Waals surface area (Å²) in [4.78, 5) is 4.91. The van der Waals surface area contributed by atoms with Gasteiger partial charge in [-0.1, -0.05) is 217 Å². The van der Waals surface area contributed by atoms with Crippen LogP contribution in [0.25, 0.3) is 66.1 Å². The van der Waals surface area contributed by atoms with Crippen molar-refractivity contribution in [3.05, 3.63) is 260 Å². The predicted octanol–water partition coefficient (Wildman–Crippen LogP) is 20.1. The highest BCUT2D eigenvalue weighted by molar-refractivity contribution is 6.24. The van der Waals surface area contributed by atoms with Crippen LogP contribution in [0.4, 0.5) is 28.4 Å². The highest BCUT2D eigenvalue weighted by atomic mass is 15.2. The van der Waals surface area contributed by atoms with Crippen molar-refractivity contribution in [2.75, 3.05) is 9.80 Å². The molecule has 10 aromatic rings. The third kappa shape index (κ3) is 8.95. The summed E-state index contributed by atoms with van der Waals surface area (Å²) >= 11 is 0. The number of nitrogens with zero attached hydrogens (tertiary/aromatic N) is 2. The van der Waals surface area contributed by atoms with Gasteiger partial charge < -0.3 is 9.80 Å². The van der Waals surface area contributed by atoms with E-state index in [2.05, 4.69) is 294 Å². The molecule has 0 radical (unpaired) electrons. The number of hydrogen-bond donors (Lipinski definition) is 0. The molecular weight excluding hydrogens is 869 g/mol. The highest BCUT2D eigenvalue weighted by Gasteiger charge is 2.26. The predicted molar refractivity (Wildman–Crippen MR) is 310 cm³/mol. The third-order valence-corrected chi connectivity index (χ3v) is 14.4. The lowest BCUT2D eigenvalue weighted by atomic mass is 9.82. The zero-order chi connectivity index (χ0) is 49.4. The number of anilines is 5. The molecule has 0 aliphatic heterocycles. The van der Waals surface area contributed by atoms with E-state index in [0.717, 1.165) is 41.3 Å². The molecule has 2 heteroatoms. The quantitative estimate of drug-likeness (QED) is 0.126. The van der Waals surface area contributed by atoms with E-state index < -0.39 is 0 Å². The lowest BCUT2D eigenvalue weighted by molar-refractivity contribution is 0.590. The summed E-state index contributed by atoms with van der Waals surface area (Å²) in [5, 5.41) is 4.79. The Morgan fingerprint density at radius 1 is 0.333 bits per heavy atom. The van der Waals surface area contributed by atoms with Gasteiger partial charge in [-0.2, -0.15) is 0 Å². The molecule has 1 aliphatic rings. The fourth-order valence-electron chi connectivity index (χ4n) is 10.7. The van der Waals surface area contributed by atoms with E-state index in [-0.39, 0.29) is 10.8 Å². The Morgan fingerprint density at radius 2 is 0.708 bits per heavy atom. The van der Waals surface area contributed by atoms with Crippen LogP contribution in [0, 0.1) is 0 Å². The van der Waals surface area contributed by atoms with Crippen molar-refractivity contribution >= 4 is 50.0 Å². The molecule has 11 rings (SSSR count). The number of allylic oxidation sites excluding steroid dienone is 4. The Kier molecular flexibility index (Phi) is 12.3. The maximum absolute atomic E-state index is 2.50. The maximum atomic E-state index is 2.50. The van der Waals surface area contributed by atoms with E-state index in [0.29, 0.717) is 0 Å². The minimum absolute atomic E-state index is 0.0335. The molecule has 0 saturated carbocycles. The van der Waals surface area contributed by atoms with Crippen molar-refractivity contribution in [1.82, 2.24) is 0 Å². The second kappa shape index (κ2) is 19.2. The van der Waals surface area contributed by atoms with Crippen molar-refractivity contribution in [3.8, 4) is 44.5 Å². The molecule has 72 heavy (non-hydrogen) atoms. The van der Waals surface area contributed by atoms with Gasteiger partial charge in [0.15, 0.2) is 0 Å². The molecule has 10 aromatic carbocycles. The third-order valence-electron chi connectivity index (χ3n) is 14.4. The van der Waals surface area contributed by atoms with Gasteiger partial charge in [-0.05, 0) is 168 Å². The van der Waals surface area contributed by atoms with Gasteiger partial charge in [0.2, 0.25) is 0 Å². The summed E-state index contributed by atoms with van der Waals surface area (Å²) in [6.45, 7) is 13.7. The molecule has 0 saturated heterocycles. The summed E-state index contributed by atoms with van der Waals surface area (Å²) < 4.78 is 0. The molecule has 0 spiro atoms. The van der Waals surface area contributed by atoms with Crippen LogP contribution in [-0.2, 0) is 10.8 Å². The molecule has 0 atom stereocenters. The van der Waals surface area contributed by atoms with E-state index >= 15 is 0 Å². The average Bonchev–Trinajstić information content (AvgIpc) is 3.41. The first-order valence-electron chi connectivity index (χ1n) is 25.6. The zero-order valence-corrected chi connectivity index (χ0v) is 42.4. The zero-order valence-electron chi connectivity index (χ0n) is 42.4. The summed E-state index contributed by atoms with van der Waals surface area (Å²) in [6, 6.07) is 83.5. The molecule has 0 amide bonds. The second-order valence-corrected chi connectivity index (χ2v) is 21.3. The molecule has 0 bridgehead atoms. The van der Waals surface area contributed by atoms with Crippen LogP contribution in [0.15, 0.2) is 248 Å². The van der Waals surface area contributed by atoms with Crippen LogP contribution in [0.2, 0.25) is 0 Å². The highest BCUT2D eigenvalue weighted by Crippen LogP contribution is 2.51. The molecular formula is C70H62N2. The molecule has 0 N–H and O–H groups in total. The van der Waals surface area contributed by atoms with Gasteiger partial charge in [-0.15, -0.1) is 0 Å². The summed E-state index contributed by atoms with van der Waals surface area (Å²) in [5.74, 6) is 0. The Labute approximate surface area is 426 Å². The van der Waals surface area contributed by atoms with Gasteiger partial charge in [0.25, 0.3) is 0 Å². The first-order valence-corrected chi connectivity index (χ1v) is 25.6. The van der Waals surface area contributed by atoms with Crippen molar-refractivity contribution in [1.29, 1.82) is 0 Å². The lowest BCUT2D eigenvalue weighted by Gasteiger charge is -2.31. The average molecular weight is 931 g/mol. The van der Waals surface area contributed by atoms with E-state index in [4.69, 9.17) is 0 Å². The van der Waals surface area contributed by atoms with Gasteiger partial charge >= 0.3 is 0 Å². The smallest absolute Gasteiger partial charge is 0.0468 e. The molecule has 0 heterocycles. The molecule has 2 nitrogen and oxygen atoms in total. The second-order valence-electron chi connectivity index (χ2n) is 21.3. The fraction of sp³-hybridized carbons (Fsp3) is 0.143. The first kappa shape index (κ1) is 46.2. The summed E-state index contributed by atoms with van der Waals surface area (Å²) in [6.07, 6.45) is 8.75. The molecule has 0 aromatic heterocycles. The van der Waals surface area contributed by atoms with Gasteiger partial charge in [-0.25, -0.2) is 0 Å². The van der Waals surface area contributed by atoms with Gasteiger partial charge in [0.05, 0.1) is 0 Å². The fourth-order valence-corrected chi connectivity index (χ4v) is 10.7. The monoisotopic (exact) mass is 930 g/mol. The van der Waals surface area contributed by atoms with Crippen molar-refractivity contribution in [2.45, 2.75) is 65.2 Å². The van der Waals surface area contributed by atoms with Crippen LogP contribution < -0.4 is 9.80 Å². The lowest BCUT2D eigenvalue weighted by Crippen LogP contribution is -2.18. The van der Waals surface area contributed by atoms with Crippen molar-refractivity contribution in [3.63, 3.8) is 0 Å². The number of fused-ring (bicyclic) bond motifs is 2. The number of hydrogen-bond acceptors (Lipinski definition) is 2. The van der Waals surface area contributed by atoms with E-state index in [1.165, 1.54) is 82.9 Å². The molecule has 0 fully saturated rings. The molecule has 352 valence electrons. The van der Waals surface area contributed by atoms with Gasteiger partial charge in [0.1, 0.15) is 0 Å². The largest absolute Gasteiger partial charge is 0.314 e. The summed E-state index contributed by atoms with van der Waals surface area (Å²) in [7, 11) is 0. The first-order chi connectivity index (χ1) is 35.0. The van der Waals surface area contributed by atoms with Gasteiger partial charge in [0, 0.05) is 34.1 Å².